The standard InChI is InChI=1S/C42H47F3N4O6S2Si/c1-40(2,3)57-56-28-53-33-25-35(55-34(33)27-54-58(41(4,5)6,31-20-12-8-13-21-31)32-22-14-9-15-23-32)49-26-30(19-16-24-46-38(51)42(43,44)45)36(48-39(49)52)47-37(50)29-17-10-7-11-18-29/h7-15,17-18,20-23,26,33-35H,24-25,27-28H2,1-6H3,(H,46,51)(H,47,48,50,52)/t33-,34-,35-/m1/s1. The molecule has 10 nitrogen and oxygen atoms in total. The number of hydrogen-bond acceptors (Lipinski definition) is 9. The number of hydrogen-bond donors (Lipinski definition) is 2. The summed E-state index contributed by atoms with van der Waals surface area (Å²) in [5, 5.41) is 6.13. The number of ether oxygens (including phenoxy) is 2. The van der Waals surface area contributed by atoms with E-state index in [-0.39, 0.29) is 39.8 Å². The van der Waals surface area contributed by atoms with Gasteiger partial charge in [-0.2, -0.15) is 18.2 Å². The first-order valence-corrected chi connectivity index (χ1v) is 22.8. The van der Waals surface area contributed by atoms with Gasteiger partial charge in [0.05, 0.1) is 24.8 Å². The summed E-state index contributed by atoms with van der Waals surface area (Å²) in [6.07, 6.45) is -5.60. The predicted molar refractivity (Wildman–Crippen MR) is 226 cm³/mol. The second-order valence-corrected chi connectivity index (χ2v) is 22.8. The van der Waals surface area contributed by atoms with Crippen molar-refractivity contribution in [2.75, 3.05) is 24.4 Å². The molecule has 4 aromatic rings. The van der Waals surface area contributed by atoms with Crippen LogP contribution in [0.1, 0.15) is 70.1 Å². The van der Waals surface area contributed by atoms with Crippen molar-refractivity contribution in [2.45, 2.75) is 82.4 Å². The number of benzene rings is 3. The fourth-order valence-electron chi connectivity index (χ4n) is 6.48. The van der Waals surface area contributed by atoms with E-state index < -0.39 is 57.0 Å². The number of carbonyl (C=O) groups excluding carboxylic acids is 2. The molecule has 0 unspecified atom stereocenters. The Bertz CT molecular complexity index is 2100. The third kappa shape index (κ3) is 11.4. The molecule has 1 aliphatic heterocycles. The summed E-state index contributed by atoms with van der Waals surface area (Å²) < 4.78 is 60.0. The Morgan fingerprint density at radius 2 is 1.52 bits per heavy atom. The average molecular weight is 853 g/mol. The lowest BCUT2D eigenvalue weighted by Crippen LogP contribution is -2.67. The summed E-state index contributed by atoms with van der Waals surface area (Å²) in [6, 6.07) is 28.5. The van der Waals surface area contributed by atoms with Crippen LogP contribution in [-0.4, -0.2) is 71.9 Å². The van der Waals surface area contributed by atoms with E-state index in [1.54, 1.807) is 57.2 Å². The molecule has 308 valence electrons. The monoisotopic (exact) mass is 852 g/mol. The highest BCUT2D eigenvalue weighted by atomic mass is 33.1. The number of amides is 2. The van der Waals surface area contributed by atoms with Crippen LogP contribution in [0.3, 0.4) is 0 Å². The van der Waals surface area contributed by atoms with Crippen molar-refractivity contribution in [1.29, 1.82) is 0 Å². The zero-order valence-corrected chi connectivity index (χ0v) is 35.7. The highest BCUT2D eigenvalue weighted by molar-refractivity contribution is 8.77. The Balaban J connectivity index is 1.49. The van der Waals surface area contributed by atoms with Crippen LogP contribution in [-0.2, 0) is 18.7 Å². The molecule has 3 atom stereocenters. The molecule has 0 bridgehead atoms. The maximum atomic E-state index is 13.7. The maximum absolute atomic E-state index is 13.7. The Kier molecular flexibility index (Phi) is 14.8. The molecule has 1 saturated heterocycles. The van der Waals surface area contributed by atoms with Gasteiger partial charge in [0.2, 0.25) is 0 Å². The van der Waals surface area contributed by atoms with E-state index in [1.165, 1.54) is 10.8 Å². The van der Waals surface area contributed by atoms with Crippen LogP contribution in [0.2, 0.25) is 5.04 Å². The van der Waals surface area contributed by atoms with E-state index in [9.17, 15) is 27.6 Å². The van der Waals surface area contributed by atoms with E-state index in [4.69, 9.17) is 13.9 Å². The Morgan fingerprint density at radius 3 is 2.07 bits per heavy atom. The third-order valence-electron chi connectivity index (χ3n) is 9.05. The van der Waals surface area contributed by atoms with Crippen molar-refractivity contribution in [1.82, 2.24) is 14.9 Å². The minimum absolute atomic E-state index is 0.00959. The number of rotatable bonds is 13. The molecule has 1 aromatic heterocycles. The van der Waals surface area contributed by atoms with Crippen molar-refractivity contribution in [3.63, 3.8) is 0 Å². The maximum Gasteiger partial charge on any atom is 0.471 e. The largest absolute Gasteiger partial charge is 0.471 e. The minimum atomic E-state index is -5.09. The Hall–Kier alpha value is -4.37. The fourth-order valence-corrected chi connectivity index (χ4v) is 13.1. The number of carbonyl (C=O) groups is 2. The summed E-state index contributed by atoms with van der Waals surface area (Å²) in [6.45, 7) is 12.3. The van der Waals surface area contributed by atoms with Gasteiger partial charge in [0, 0.05) is 22.9 Å². The second kappa shape index (κ2) is 19.1. The Labute approximate surface area is 345 Å². The molecular formula is C42H47F3N4O6S2Si. The smallest absolute Gasteiger partial charge is 0.405 e. The number of alkyl halides is 3. The molecule has 0 saturated carbocycles. The summed E-state index contributed by atoms with van der Waals surface area (Å²) in [7, 11) is 0.231. The number of nitrogens with one attached hydrogen (secondary N) is 2. The number of anilines is 1. The summed E-state index contributed by atoms with van der Waals surface area (Å²) >= 11 is 0. The van der Waals surface area contributed by atoms with Crippen LogP contribution in [0.5, 0.6) is 0 Å². The van der Waals surface area contributed by atoms with E-state index in [0.717, 1.165) is 10.4 Å². The predicted octanol–water partition coefficient (Wildman–Crippen LogP) is 6.91. The zero-order chi connectivity index (χ0) is 42.1. The lowest BCUT2D eigenvalue weighted by atomic mass is 10.2. The molecule has 1 fully saturated rings. The summed E-state index contributed by atoms with van der Waals surface area (Å²) in [5.41, 5.74) is -0.486. The lowest BCUT2D eigenvalue weighted by molar-refractivity contribution is -0.173. The van der Waals surface area contributed by atoms with Gasteiger partial charge in [-0.15, -0.1) is 0 Å². The van der Waals surface area contributed by atoms with E-state index in [0.29, 0.717) is 5.94 Å². The molecule has 2 N–H and O–H groups in total. The number of aromatic nitrogens is 2. The molecule has 16 heteroatoms. The van der Waals surface area contributed by atoms with Crippen LogP contribution in [0.4, 0.5) is 19.0 Å². The first-order valence-electron chi connectivity index (χ1n) is 18.6. The molecule has 2 amide bonds. The molecule has 5 rings (SSSR count). The van der Waals surface area contributed by atoms with Gasteiger partial charge in [-0.3, -0.25) is 14.2 Å². The molecule has 0 spiro atoms. The first kappa shape index (κ1) is 44.7. The first-order chi connectivity index (χ1) is 27.4. The van der Waals surface area contributed by atoms with Gasteiger partial charge in [-0.05, 0) is 27.5 Å². The van der Waals surface area contributed by atoms with Gasteiger partial charge >= 0.3 is 17.8 Å². The zero-order valence-electron chi connectivity index (χ0n) is 33.1. The molecule has 0 radical (unpaired) electrons. The summed E-state index contributed by atoms with van der Waals surface area (Å²) in [5.74, 6) is 2.51. The molecular weight excluding hydrogens is 806 g/mol. The lowest BCUT2D eigenvalue weighted by Gasteiger charge is -2.43. The third-order valence-corrected chi connectivity index (χ3v) is 17.0. The minimum Gasteiger partial charge on any atom is -0.405 e. The topological polar surface area (TPSA) is 121 Å². The van der Waals surface area contributed by atoms with Crippen LogP contribution in [0.15, 0.2) is 102 Å². The van der Waals surface area contributed by atoms with Crippen molar-refractivity contribution in [3.05, 3.63) is 119 Å². The van der Waals surface area contributed by atoms with Crippen molar-refractivity contribution in [3.8, 4) is 11.8 Å². The van der Waals surface area contributed by atoms with Gasteiger partial charge in [0.25, 0.3) is 14.2 Å². The van der Waals surface area contributed by atoms with Crippen LogP contribution in [0, 0.1) is 11.8 Å². The average Bonchev–Trinajstić information content (AvgIpc) is 3.58. The van der Waals surface area contributed by atoms with Crippen LogP contribution >= 0.6 is 21.6 Å². The number of nitrogens with zero attached hydrogens (tertiary/aromatic N) is 2. The fraction of sp³-hybridized carbons (Fsp3) is 0.381. The van der Waals surface area contributed by atoms with Gasteiger partial charge in [0.15, 0.2) is 5.82 Å². The highest BCUT2D eigenvalue weighted by Gasteiger charge is 2.51. The van der Waals surface area contributed by atoms with Gasteiger partial charge in [0.1, 0.15) is 18.3 Å². The van der Waals surface area contributed by atoms with Gasteiger partial charge < -0.3 is 24.5 Å². The van der Waals surface area contributed by atoms with Crippen molar-refractivity contribution in [2.24, 2.45) is 0 Å². The van der Waals surface area contributed by atoms with Gasteiger partial charge in [-0.1, -0.05) is 154 Å². The van der Waals surface area contributed by atoms with E-state index in [2.05, 4.69) is 87.9 Å². The molecule has 2 heterocycles. The molecule has 3 aromatic carbocycles. The van der Waals surface area contributed by atoms with Crippen LogP contribution in [0.25, 0.3) is 0 Å². The summed E-state index contributed by atoms with van der Waals surface area (Å²) in [4.78, 5) is 42.4. The van der Waals surface area contributed by atoms with Crippen molar-refractivity contribution < 1.29 is 36.7 Å². The highest BCUT2D eigenvalue weighted by Crippen LogP contribution is 2.40. The SMILES string of the molecule is CC(C)(C)SSCO[C@@H]1C[C@H](n2cc(C#CCNC(=O)C(F)(F)F)c(NC(=O)c3ccccc3)nc2=O)O[C@@H]1CO[Si](c1ccccc1)(c1ccccc1)C(C)(C)C. The quantitative estimate of drug-likeness (QED) is 0.0486. The Morgan fingerprint density at radius 1 is 0.931 bits per heavy atom. The van der Waals surface area contributed by atoms with Gasteiger partial charge in [-0.25, -0.2) is 4.79 Å². The molecule has 1 aliphatic rings. The van der Waals surface area contributed by atoms with E-state index >= 15 is 0 Å². The molecule has 0 aliphatic carbocycles. The number of halogens is 3. The normalized spacial score (nSPS) is 17.3. The molecule has 58 heavy (non-hydrogen) atoms. The van der Waals surface area contributed by atoms with E-state index in [1.807, 2.05) is 36.4 Å². The second-order valence-electron chi connectivity index (χ2n) is 15.5. The van der Waals surface area contributed by atoms with Crippen molar-refractivity contribution >= 4 is 57.9 Å². The van der Waals surface area contributed by atoms with Crippen LogP contribution < -0.4 is 26.7 Å².